The maximum absolute atomic E-state index is 13.1. The van der Waals surface area contributed by atoms with Crippen LogP contribution in [0.15, 0.2) is 38.5 Å². The third-order valence-corrected chi connectivity index (χ3v) is 9.50. The molecule has 1 fully saturated rings. The fraction of sp³-hybridized carbons (Fsp3) is 0.471. The molecule has 0 amide bonds. The molecule has 1 aromatic carbocycles. The van der Waals surface area contributed by atoms with E-state index in [2.05, 4.69) is 10.3 Å². The maximum Gasteiger partial charge on any atom is 0.226 e. The molecule has 0 saturated heterocycles. The summed E-state index contributed by atoms with van der Waals surface area (Å²) in [5, 5.41) is 3.36. The van der Waals surface area contributed by atoms with E-state index in [1.54, 1.807) is 12.1 Å². The lowest BCUT2D eigenvalue weighted by Gasteiger charge is -2.12. The van der Waals surface area contributed by atoms with Crippen LogP contribution in [0.4, 0.5) is 5.00 Å². The number of benzene rings is 1. The summed E-state index contributed by atoms with van der Waals surface area (Å²) in [5.74, 6) is -0.118. The van der Waals surface area contributed by atoms with Gasteiger partial charge in [0.2, 0.25) is 24.0 Å². The van der Waals surface area contributed by atoms with Gasteiger partial charge in [-0.05, 0) is 31.9 Å². The van der Waals surface area contributed by atoms with Crippen LogP contribution in [0, 0.1) is 6.92 Å². The largest absolute Gasteiger partial charge is 0.372 e. The lowest BCUT2D eigenvalue weighted by atomic mass is 10.2. The number of rotatable bonds is 6. The van der Waals surface area contributed by atoms with E-state index in [-0.39, 0.29) is 26.1 Å². The second-order valence-corrected chi connectivity index (χ2v) is 11.8. The highest BCUT2D eigenvalue weighted by molar-refractivity contribution is 7.94. The summed E-state index contributed by atoms with van der Waals surface area (Å²) in [4.78, 5) is 4.16. The van der Waals surface area contributed by atoms with Crippen LogP contribution in [-0.4, -0.2) is 33.6 Å². The van der Waals surface area contributed by atoms with E-state index in [1.165, 1.54) is 19.1 Å². The molecule has 3 rings (SSSR count). The van der Waals surface area contributed by atoms with E-state index < -0.39 is 19.7 Å². The molecule has 1 aromatic heterocycles. The summed E-state index contributed by atoms with van der Waals surface area (Å²) in [6.07, 6.45) is 4.04. The van der Waals surface area contributed by atoms with Crippen LogP contribution < -0.4 is 5.32 Å². The van der Waals surface area contributed by atoms with Crippen molar-refractivity contribution >= 4 is 36.0 Å². The fourth-order valence-electron chi connectivity index (χ4n) is 2.90. The summed E-state index contributed by atoms with van der Waals surface area (Å²) in [7, 11) is -7.48. The van der Waals surface area contributed by atoms with Gasteiger partial charge in [-0.2, -0.15) is 0 Å². The third-order valence-electron chi connectivity index (χ3n) is 4.50. The van der Waals surface area contributed by atoms with Crippen molar-refractivity contribution in [1.82, 2.24) is 4.98 Å². The molecule has 0 atom stereocenters. The van der Waals surface area contributed by atoms with Gasteiger partial charge in [-0.3, -0.25) is 0 Å². The molecule has 0 aliphatic heterocycles. The summed E-state index contributed by atoms with van der Waals surface area (Å²) >= 11 is 0.913. The van der Waals surface area contributed by atoms with E-state index in [0.29, 0.717) is 5.00 Å². The first-order valence-electron chi connectivity index (χ1n) is 8.56. The Labute approximate surface area is 158 Å². The number of nitrogens with one attached hydrogen (secondary N) is 1. The molecular formula is C17H22N2O4S3. The molecule has 1 heterocycles. The van der Waals surface area contributed by atoms with Gasteiger partial charge < -0.3 is 5.32 Å². The van der Waals surface area contributed by atoms with E-state index in [0.717, 1.165) is 42.6 Å². The van der Waals surface area contributed by atoms with Gasteiger partial charge in [0.05, 0.1) is 10.6 Å². The van der Waals surface area contributed by atoms with Crippen molar-refractivity contribution in [3.8, 4) is 0 Å². The van der Waals surface area contributed by atoms with Gasteiger partial charge in [-0.25, -0.2) is 21.8 Å². The first-order chi connectivity index (χ1) is 12.2. The van der Waals surface area contributed by atoms with Gasteiger partial charge in [-0.1, -0.05) is 48.8 Å². The normalized spacial score (nSPS) is 16.1. The van der Waals surface area contributed by atoms with Crippen LogP contribution in [0.2, 0.25) is 0 Å². The Morgan fingerprint density at radius 2 is 1.73 bits per heavy atom. The van der Waals surface area contributed by atoms with Crippen molar-refractivity contribution in [2.45, 2.75) is 59.8 Å². The first kappa shape index (κ1) is 19.3. The topological polar surface area (TPSA) is 93.2 Å². The van der Waals surface area contributed by atoms with Crippen LogP contribution in [0.25, 0.3) is 0 Å². The highest BCUT2D eigenvalue weighted by Crippen LogP contribution is 2.37. The van der Waals surface area contributed by atoms with Crippen molar-refractivity contribution in [3.63, 3.8) is 0 Å². The maximum atomic E-state index is 13.1. The molecule has 0 bridgehead atoms. The summed E-state index contributed by atoms with van der Waals surface area (Å²) in [6.45, 7) is 3.40. The zero-order valence-electron chi connectivity index (χ0n) is 14.7. The van der Waals surface area contributed by atoms with Crippen LogP contribution in [0.3, 0.4) is 0 Å². The molecule has 9 heteroatoms. The molecule has 1 N–H and O–H groups in total. The molecule has 0 radical (unpaired) electrons. The quantitative estimate of drug-likeness (QED) is 0.778. The molecule has 0 unspecified atom stereocenters. The van der Waals surface area contributed by atoms with E-state index in [4.69, 9.17) is 0 Å². The minimum absolute atomic E-state index is 0.114. The number of thiazole rings is 1. The molecule has 6 nitrogen and oxygen atoms in total. The Morgan fingerprint density at radius 1 is 1.12 bits per heavy atom. The van der Waals surface area contributed by atoms with Gasteiger partial charge in [0.25, 0.3) is 0 Å². The highest BCUT2D eigenvalue weighted by Gasteiger charge is 2.31. The predicted molar refractivity (Wildman–Crippen MR) is 102 cm³/mol. The van der Waals surface area contributed by atoms with Gasteiger partial charge in [-0.15, -0.1) is 0 Å². The third kappa shape index (κ3) is 3.79. The SMILES string of the molecule is CCS(=O)(=O)c1nc(S(=O)(=O)c2ccc(C)cc2)c(NC2CCCC2)s1. The van der Waals surface area contributed by atoms with Gasteiger partial charge in [0.1, 0.15) is 5.00 Å². The number of anilines is 1. The fourth-order valence-corrected chi connectivity index (χ4v) is 6.96. The summed E-state index contributed by atoms with van der Waals surface area (Å²) < 4.78 is 50.5. The number of nitrogens with zero attached hydrogens (tertiary/aromatic N) is 1. The highest BCUT2D eigenvalue weighted by atomic mass is 32.2. The van der Waals surface area contributed by atoms with Crippen molar-refractivity contribution in [3.05, 3.63) is 29.8 Å². The Balaban J connectivity index is 2.09. The number of hydrogen-bond donors (Lipinski definition) is 1. The lowest BCUT2D eigenvalue weighted by Crippen LogP contribution is -2.16. The Kier molecular flexibility index (Phi) is 5.41. The van der Waals surface area contributed by atoms with Crippen LogP contribution in [0.1, 0.15) is 38.2 Å². The Bertz CT molecular complexity index is 987. The standard InChI is InChI=1S/C17H22N2O4S3/c1-3-25(20,21)17-19-16(15(24-17)18-13-6-4-5-7-13)26(22,23)14-10-8-12(2)9-11-14/h8-11,13,18H,3-7H2,1-2H3. The number of aryl methyl sites for hydroxylation is 1. The number of aromatic nitrogens is 1. The summed E-state index contributed by atoms with van der Waals surface area (Å²) in [5.41, 5.74) is 0.945. The number of sulfone groups is 2. The van der Waals surface area contributed by atoms with Gasteiger partial charge in [0, 0.05) is 6.04 Å². The van der Waals surface area contributed by atoms with Gasteiger partial charge >= 0.3 is 0 Å². The smallest absolute Gasteiger partial charge is 0.226 e. The van der Waals surface area contributed by atoms with Crippen molar-refractivity contribution in [2.75, 3.05) is 11.1 Å². The minimum atomic E-state index is -3.90. The first-order valence-corrected chi connectivity index (χ1v) is 12.5. The molecule has 1 saturated carbocycles. The predicted octanol–water partition coefficient (Wildman–Crippen LogP) is 3.43. The van der Waals surface area contributed by atoms with Gasteiger partial charge in [0.15, 0.2) is 5.03 Å². The van der Waals surface area contributed by atoms with Crippen LogP contribution in [0.5, 0.6) is 0 Å². The number of hydrogen-bond acceptors (Lipinski definition) is 7. The van der Waals surface area contributed by atoms with E-state index >= 15 is 0 Å². The van der Waals surface area contributed by atoms with Crippen molar-refractivity contribution in [2.24, 2.45) is 0 Å². The monoisotopic (exact) mass is 414 g/mol. The van der Waals surface area contributed by atoms with Crippen molar-refractivity contribution < 1.29 is 16.8 Å². The minimum Gasteiger partial charge on any atom is -0.372 e. The van der Waals surface area contributed by atoms with Crippen LogP contribution >= 0.6 is 11.3 Å². The molecule has 142 valence electrons. The van der Waals surface area contributed by atoms with Crippen LogP contribution in [-0.2, 0) is 19.7 Å². The second-order valence-electron chi connectivity index (χ2n) is 6.46. The Morgan fingerprint density at radius 3 is 2.31 bits per heavy atom. The average molecular weight is 415 g/mol. The summed E-state index contributed by atoms with van der Waals surface area (Å²) in [6, 6.07) is 6.63. The molecule has 0 spiro atoms. The van der Waals surface area contributed by atoms with E-state index in [9.17, 15) is 16.8 Å². The Hall–Kier alpha value is -1.45. The molecule has 26 heavy (non-hydrogen) atoms. The van der Waals surface area contributed by atoms with Crippen molar-refractivity contribution in [1.29, 1.82) is 0 Å². The molecule has 2 aromatic rings. The second kappa shape index (κ2) is 7.28. The lowest BCUT2D eigenvalue weighted by molar-refractivity contribution is 0.589. The van der Waals surface area contributed by atoms with E-state index in [1.807, 2.05) is 6.92 Å². The molecule has 1 aliphatic carbocycles. The average Bonchev–Trinajstić information content (AvgIpc) is 3.26. The molecular weight excluding hydrogens is 392 g/mol. The molecule has 1 aliphatic rings. The zero-order valence-corrected chi connectivity index (χ0v) is 17.2. The zero-order chi connectivity index (χ0) is 18.9.